The lowest BCUT2D eigenvalue weighted by Gasteiger charge is -2.04. The topological polar surface area (TPSA) is 152 Å². The molecule has 166 valence electrons. The number of anilines is 1. The molecule has 0 atom stereocenters. The van der Waals surface area contributed by atoms with Gasteiger partial charge < -0.3 is 4.42 Å². The highest BCUT2D eigenvalue weighted by Gasteiger charge is 2.28. The molecule has 1 heterocycles. The lowest BCUT2D eigenvalue weighted by atomic mass is 9.98. The van der Waals surface area contributed by atoms with Crippen molar-refractivity contribution in [1.82, 2.24) is 0 Å². The van der Waals surface area contributed by atoms with Crippen molar-refractivity contribution >= 4 is 23.2 Å². The van der Waals surface area contributed by atoms with Crippen molar-refractivity contribution in [2.24, 2.45) is 0 Å². The quantitative estimate of drug-likeness (QED) is 0.296. The second kappa shape index (κ2) is 9.05. The van der Waals surface area contributed by atoms with Crippen LogP contribution in [0.2, 0.25) is 0 Å². The molecule has 0 aliphatic heterocycles. The number of nitrogens with zero attached hydrogens (tertiary/aromatic N) is 3. The summed E-state index contributed by atoms with van der Waals surface area (Å²) >= 11 is 0. The SMILES string of the molecule is N#Cc1c(NC(=O)c2ccc([N+](=O)[O-])cc2[N+](=O)[O-])oc(-c2ccccc2)c1-c1ccccc1. The predicted octanol–water partition coefficient (Wildman–Crippen LogP) is 5.55. The number of amides is 1. The number of rotatable bonds is 6. The summed E-state index contributed by atoms with van der Waals surface area (Å²) in [6.45, 7) is 0. The summed E-state index contributed by atoms with van der Waals surface area (Å²) < 4.78 is 5.90. The van der Waals surface area contributed by atoms with E-state index in [-0.39, 0.29) is 11.4 Å². The van der Waals surface area contributed by atoms with Gasteiger partial charge in [0.2, 0.25) is 5.88 Å². The van der Waals surface area contributed by atoms with Crippen molar-refractivity contribution in [1.29, 1.82) is 5.26 Å². The average Bonchev–Trinajstić information content (AvgIpc) is 3.22. The molecule has 3 aromatic carbocycles. The third kappa shape index (κ3) is 4.09. The van der Waals surface area contributed by atoms with E-state index in [1.807, 2.05) is 18.2 Å². The van der Waals surface area contributed by atoms with E-state index in [0.717, 1.165) is 12.1 Å². The number of carbonyl (C=O) groups excluding carboxylic acids is 1. The van der Waals surface area contributed by atoms with Crippen LogP contribution in [0.15, 0.2) is 83.3 Å². The van der Waals surface area contributed by atoms with Gasteiger partial charge in [0, 0.05) is 17.2 Å². The van der Waals surface area contributed by atoms with E-state index in [0.29, 0.717) is 28.5 Å². The van der Waals surface area contributed by atoms with Crippen molar-refractivity contribution in [2.75, 3.05) is 5.32 Å². The van der Waals surface area contributed by atoms with Crippen molar-refractivity contribution < 1.29 is 19.1 Å². The molecule has 1 amide bonds. The van der Waals surface area contributed by atoms with Gasteiger partial charge in [-0.3, -0.25) is 30.3 Å². The zero-order chi connectivity index (χ0) is 24.2. The first-order valence-electron chi connectivity index (χ1n) is 9.82. The van der Waals surface area contributed by atoms with Gasteiger partial charge >= 0.3 is 0 Å². The first kappa shape index (κ1) is 21.9. The molecule has 1 N–H and O–H groups in total. The molecule has 10 nitrogen and oxygen atoms in total. The summed E-state index contributed by atoms with van der Waals surface area (Å²) in [6, 6.07) is 22.6. The fraction of sp³-hybridized carbons (Fsp3) is 0. The Morgan fingerprint density at radius 3 is 2.06 bits per heavy atom. The van der Waals surface area contributed by atoms with Crippen LogP contribution in [0.5, 0.6) is 0 Å². The molecule has 0 saturated heterocycles. The largest absolute Gasteiger partial charge is 0.438 e. The van der Waals surface area contributed by atoms with Crippen molar-refractivity contribution in [3.05, 3.63) is 110 Å². The summed E-state index contributed by atoms with van der Waals surface area (Å²) in [5, 5.41) is 34.7. The number of nitriles is 1. The first-order valence-corrected chi connectivity index (χ1v) is 9.82. The van der Waals surface area contributed by atoms with Gasteiger partial charge in [0.25, 0.3) is 17.3 Å². The fourth-order valence-electron chi connectivity index (χ4n) is 3.45. The Kier molecular flexibility index (Phi) is 5.84. The van der Waals surface area contributed by atoms with Crippen LogP contribution in [-0.2, 0) is 0 Å². The van der Waals surface area contributed by atoms with Crippen molar-refractivity contribution in [2.45, 2.75) is 0 Å². The molecule has 1 aromatic heterocycles. The molecule has 0 fully saturated rings. The molecule has 4 aromatic rings. The zero-order valence-corrected chi connectivity index (χ0v) is 17.3. The second-order valence-electron chi connectivity index (χ2n) is 7.02. The Balaban J connectivity index is 1.83. The Morgan fingerprint density at radius 2 is 1.50 bits per heavy atom. The minimum Gasteiger partial charge on any atom is -0.438 e. The third-order valence-corrected chi connectivity index (χ3v) is 4.98. The van der Waals surface area contributed by atoms with E-state index in [1.165, 1.54) is 0 Å². The highest BCUT2D eigenvalue weighted by Crippen LogP contribution is 2.41. The van der Waals surface area contributed by atoms with E-state index >= 15 is 0 Å². The van der Waals surface area contributed by atoms with Gasteiger partial charge in [-0.05, 0) is 11.6 Å². The summed E-state index contributed by atoms with van der Waals surface area (Å²) in [5.74, 6) is -0.819. The van der Waals surface area contributed by atoms with Gasteiger partial charge in [-0.15, -0.1) is 0 Å². The van der Waals surface area contributed by atoms with Crippen LogP contribution in [0.1, 0.15) is 15.9 Å². The summed E-state index contributed by atoms with van der Waals surface area (Å²) in [6.07, 6.45) is 0. The maximum Gasteiger partial charge on any atom is 0.289 e. The standard InChI is InChI=1S/C24H14N4O6/c25-14-19-21(15-7-3-1-4-8-15)22(16-9-5-2-6-10-16)34-24(19)26-23(29)18-12-11-17(27(30)31)13-20(18)28(32)33/h1-13H,(H,26,29). The summed E-state index contributed by atoms with van der Waals surface area (Å²) in [7, 11) is 0. The molecule has 0 unspecified atom stereocenters. The molecule has 10 heteroatoms. The lowest BCUT2D eigenvalue weighted by molar-refractivity contribution is -0.394. The monoisotopic (exact) mass is 454 g/mol. The number of hydrogen-bond donors (Lipinski definition) is 1. The van der Waals surface area contributed by atoms with Gasteiger partial charge in [-0.2, -0.15) is 5.26 Å². The van der Waals surface area contributed by atoms with Crippen LogP contribution in [0.25, 0.3) is 22.5 Å². The minimum absolute atomic E-state index is 0.0305. The number of nitro groups is 2. The number of nitrogens with one attached hydrogen (secondary N) is 1. The van der Waals surface area contributed by atoms with Crippen LogP contribution in [0.3, 0.4) is 0 Å². The summed E-state index contributed by atoms with van der Waals surface area (Å²) in [4.78, 5) is 33.6. The van der Waals surface area contributed by atoms with Crippen LogP contribution in [-0.4, -0.2) is 15.8 Å². The molecule has 0 radical (unpaired) electrons. The highest BCUT2D eigenvalue weighted by atomic mass is 16.6. The second-order valence-corrected chi connectivity index (χ2v) is 7.02. The Hall–Kier alpha value is -5.30. The Bertz CT molecular complexity index is 1460. The van der Waals surface area contributed by atoms with Gasteiger partial charge in [0.15, 0.2) is 0 Å². The lowest BCUT2D eigenvalue weighted by Crippen LogP contribution is -2.14. The normalized spacial score (nSPS) is 10.3. The van der Waals surface area contributed by atoms with E-state index in [9.17, 15) is 30.3 Å². The van der Waals surface area contributed by atoms with Gasteiger partial charge in [-0.25, -0.2) is 0 Å². The first-order chi connectivity index (χ1) is 16.4. The van der Waals surface area contributed by atoms with Crippen LogP contribution < -0.4 is 5.32 Å². The van der Waals surface area contributed by atoms with E-state index in [2.05, 4.69) is 5.32 Å². The highest BCUT2D eigenvalue weighted by molar-refractivity contribution is 6.08. The predicted molar refractivity (Wildman–Crippen MR) is 122 cm³/mol. The molecule has 4 rings (SSSR count). The van der Waals surface area contributed by atoms with E-state index in [1.54, 1.807) is 48.5 Å². The Labute approximate surface area is 192 Å². The maximum atomic E-state index is 12.9. The van der Waals surface area contributed by atoms with Gasteiger partial charge in [0.1, 0.15) is 23.0 Å². The van der Waals surface area contributed by atoms with E-state index < -0.39 is 32.7 Å². The molecular formula is C24H14N4O6. The number of nitro benzene ring substituents is 2. The average molecular weight is 454 g/mol. The van der Waals surface area contributed by atoms with Crippen LogP contribution in [0.4, 0.5) is 17.3 Å². The molecule has 34 heavy (non-hydrogen) atoms. The molecule has 0 aliphatic rings. The van der Waals surface area contributed by atoms with Gasteiger partial charge in [0.05, 0.1) is 15.9 Å². The van der Waals surface area contributed by atoms with Crippen LogP contribution >= 0.6 is 0 Å². The summed E-state index contributed by atoms with van der Waals surface area (Å²) in [5.41, 5.74) is 0.104. The fourth-order valence-corrected chi connectivity index (χ4v) is 3.45. The number of carbonyl (C=O) groups is 1. The number of benzene rings is 3. The molecule has 0 aliphatic carbocycles. The zero-order valence-electron chi connectivity index (χ0n) is 17.3. The van der Waals surface area contributed by atoms with Crippen molar-refractivity contribution in [3.63, 3.8) is 0 Å². The smallest absolute Gasteiger partial charge is 0.289 e. The third-order valence-electron chi connectivity index (χ3n) is 4.98. The maximum absolute atomic E-state index is 12.9. The number of non-ortho nitro benzene ring substituents is 1. The number of hydrogen-bond acceptors (Lipinski definition) is 7. The molecule has 0 saturated carbocycles. The number of furan rings is 1. The van der Waals surface area contributed by atoms with E-state index in [4.69, 9.17) is 4.42 Å². The van der Waals surface area contributed by atoms with Gasteiger partial charge in [-0.1, -0.05) is 60.7 Å². The minimum atomic E-state index is -0.953. The van der Waals surface area contributed by atoms with Crippen LogP contribution in [0, 0.1) is 31.6 Å². The Morgan fingerprint density at radius 1 is 0.882 bits per heavy atom. The van der Waals surface area contributed by atoms with Crippen molar-refractivity contribution in [3.8, 4) is 28.5 Å². The molecular weight excluding hydrogens is 440 g/mol. The molecule has 0 bridgehead atoms. The molecule has 0 spiro atoms.